The van der Waals surface area contributed by atoms with Gasteiger partial charge in [-0.3, -0.25) is 9.59 Å². The third kappa shape index (κ3) is 4.84. The molecule has 2 aromatic carbocycles. The van der Waals surface area contributed by atoms with Crippen molar-refractivity contribution >= 4 is 35.2 Å². The van der Waals surface area contributed by atoms with E-state index >= 15 is 0 Å². The molecule has 2 aromatic rings. The monoisotopic (exact) mass is 400 g/mol. The van der Waals surface area contributed by atoms with Crippen LogP contribution < -0.4 is 20.1 Å². The number of benzene rings is 2. The van der Waals surface area contributed by atoms with Crippen LogP contribution in [-0.2, 0) is 4.79 Å². The highest BCUT2D eigenvalue weighted by Gasteiger charge is 2.16. The highest BCUT2D eigenvalue weighted by Crippen LogP contribution is 2.38. The zero-order valence-electron chi connectivity index (χ0n) is 15.6. The maximum absolute atomic E-state index is 12.3. The fraction of sp³-hybridized carbons (Fsp3) is 0.238. The molecular formula is C21H21ClN2O4. The fourth-order valence-electron chi connectivity index (χ4n) is 2.70. The van der Waals surface area contributed by atoms with Crippen molar-refractivity contribution in [2.45, 2.75) is 19.9 Å². The summed E-state index contributed by atoms with van der Waals surface area (Å²) in [6.45, 7) is 4.65. The second-order valence-electron chi connectivity index (χ2n) is 6.52. The molecule has 0 saturated carbocycles. The molecule has 2 N–H and O–H groups in total. The lowest BCUT2D eigenvalue weighted by molar-refractivity contribution is -0.111. The Morgan fingerprint density at radius 2 is 1.89 bits per heavy atom. The number of halogens is 1. The van der Waals surface area contributed by atoms with Gasteiger partial charge in [0, 0.05) is 12.1 Å². The summed E-state index contributed by atoms with van der Waals surface area (Å²) < 4.78 is 11.0. The van der Waals surface area contributed by atoms with Gasteiger partial charge in [-0.2, -0.15) is 0 Å². The number of carbonyl (C=O) groups excluding carboxylic acids is 2. The van der Waals surface area contributed by atoms with E-state index in [1.165, 1.54) is 6.08 Å². The van der Waals surface area contributed by atoms with E-state index in [4.69, 9.17) is 21.1 Å². The zero-order chi connectivity index (χ0) is 20.1. The predicted molar refractivity (Wildman–Crippen MR) is 109 cm³/mol. The maximum atomic E-state index is 12.3. The van der Waals surface area contributed by atoms with Gasteiger partial charge in [0.1, 0.15) is 13.2 Å². The fourth-order valence-corrected chi connectivity index (χ4v) is 2.98. The van der Waals surface area contributed by atoms with Crippen LogP contribution in [0.5, 0.6) is 11.5 Å². The van der Waals surface area contributed by atoms with Crippen LogP contribution in [-0.4, -0.2) is 31.1 Å². The quantitative estimate of drug-likeness (QED) is 0.746. The Labute approximate surface area is 168 Å². The van der Waals surface area contributed by atoms with Gasteiger partial charge in [0.25, 0.3) is 5.91 Å². The topological polar surface area (TPSA) is 76.7 Å². The van der Waals surface area contributed by atoms with Crippen LogP contribution in [0.2, 0.25) is 5.02 Å². The summed E-state index contributed by atoms with van der Waals surface area (Å²) in [4.78, 5) is 24.6. The Hall–Kier alpha value is -2.99. The summed E-state index contributed by atoms with van der Waals surface area (Å²) in [7, 11) is 0. The Morgan fingerprint density at radius 3 is 2.68 bits per heavy atom. The van der Waals surface area contributed by atoms with Gasteiger partial charge in [-0.25, -0.2) is 0 Å². The molecule has 0 atom stereocenters. The molecule has 1 aliphatic rings. The van der Waals surface area contributed by atoms with Gasteiger partial charge in [-0.1, -0.05) is 23.7 Å². The van der Waals surface area contributed by atoms with Crippen molar-refractivity contribution in [3.8, 4) is 11.5 Å². The predicted octanol–water partition coefficient (Wildman–Crippen LogP) is 3.90. The van der Waals surface area contributed by atoms with E-state index in [0.29, 0.717) is 46.5 Å². The van der Waals surface area contributed by atoms with Crippen LogP contribution in [0.4, 0.5) is 5.69 Å². The Bertz CT molecular complexity index is 925. The number of hydrogen-bond acceptors (Lipinski definition) is 4. The number of hydrogen-bond donors (Lipinski definition) is 2. The van der Waals surface area contributed by atoms with Crippen LogP contribution >= 0.6 is 11.6 Å². The van der Waals surface area contributed by atoms with E-state index in [-0.39, 0.29) is 17.9 Å². The first-order chi connectivity index (χ1) is 13.4. The van der Waals surface area contributed by atoms with Crippen molar-refractivity contribution in [3.63, 3.8) is 0 Å². The summed E-state index contributed by atoms with van der Waals surface area (Å²) in [6.07, 6.45) is 3.00. The van der Waals surface area contributed by atoms with E-state index in [9.17, 15) is 9.59 Å². The molecule has 6 nitrogen and oxygen atoms in total. The number of nitrogens with one attached hydrogen (secondary N) is 2. The number of amides is 2. The van der Waals surface area contributed by atoms with Crippen molar-refractivity contribution < 1.29 is 19.1 Å². The van der Waals surface area contributed by atoms with Gasteiger partial charge in [0.15, 0.2) is 11.5 Å². The van der Waals surface area contributed by atoms with Crippen molar-refractivity contribution in [1.82, 2.24) is 5.32 Å². The van der Waals surface area contributed by atoms with Gasteiger partial charge in [-0.15, -0.1) is 0 Å². The summed E-state index contributed by atoms with van der Waals surface area (Å²) >= 11 is 6.21. The molecule has 0 aliphatic carbocycles. The van der Waals surface area contributed by atoms with Gasteiger partial charge in [0.2, 0.25) is 5.91 Å². The zero-order valence-corrected chi connectivity index (χ0v) is 16.4. The standard InChI is InChI=1S/C21H21ClN2O4/c1-13(2)23-21(26)15-5-3-4-6-17(15)24-19(25)8-7-14-11-16(22)20-18(12-14)27-9-10-28-20/h3-8,11-13H,9-10H2,1-2H3,(H,23,26)(H,24,25)/b8-7+. The number of para-hydroxylation sites is 1. The van der Waals surface area contributed by atoms with Crippen LogP contribution in [0.3, 0.4) is 0 Å². The first-order valence-corrected chi connectivity index (χ1v) is 9.30. The molecule has 7 heteroatoms. The van der Waals surface area contributed by atoms with Gasteiger partial charge in [0.05, 0.1) is 16.3 Å². The Balaban J connectivity index is 1.73. The molecule has 146 valence electrons. The average molecular weight is 401 g/mol. The van der Waals surface area contributed by atoms with Crippen LogP contribution in [0.25, 0.3) is 6.08 Å². The molecule has 1 aliphatic heterocycles. The lowest BCUT2D eigenvalue weighted by Crippen LogP contribution is -2.30. The van der Waals surface area contributed by atoms with E-state index < -0.39 is 0 Å². The molecule has 28 heavy (non-hydrogen) atoms. The molecule has 0 spiro atoms. The largest absolute Gasteiger partial charge is 0.486 e. The molecule has 0 fully saturated rings. The third-order valence-electron chi connectivity index (χ3n) is 3.90. The van der Waals surface area contributed by atoms with Crippen molar-refractivity contribution in [1.29, 1.82) is 0 Å². The van der Waals surface area contributed by atoms with Crippen LogP contribution in [0, 0.1) is 0 Å². The molecule has 0 bridgehead atoms. The molecule has 0 aromatic heterocycles. The number of rotatable bonds is 5. The second-order valence-corrected chi connectivity index (χ2v) is 6.93. The van der Waals surface area contributed by atoms with Gasteiger partial charge < -0.3 is 20.1 Å². The molecule has 0 radical (unpaired) electrons. The van der Waals surface area contributed by atoms with Gasteiger partial charge in [-0.05, 0) is 49.8 Å². The molecule has 2 amide bonds. The first kappa shape index (κ1) is 19.8. The molecule has 0 unspecified atom stereocenters. The van der Waals surface area contributed by atoms with Crippen molar-refractivity contribution in [3.05, 3.63) is 58.6 Å². The molecule has 0 saturated heterocycles. The smallest absolute Gasteiger partial charge is 0.253 e. The summed E-state index contributed by atoms with van der Waals surface area (Å²) in [5.41, 5.74) is 1.55. The molecular weight excluding hydrogens is 380 g/mol. The lowest BCUT2D eigenvalue weighted by Gasteiger charge is -2.19. The van der Waals surface area contributed by atoms with Gasteiger partial charge >= 0.3 is 0 Å². The third-order valence-corrected chi connectivity index (χ3v) is 4.18. The average Bonchev–Trinajstić information content (AvgIpc) is 2.66. The Morgan fingerprint density at radius 1 is 1.14 bits per heavy atom. The maximum Gasteiger partial charge on any atom is 0.253 e. The van der Waals surface area contributed by atoms with E-state index in [1.807, 2.05) is 13.8 Å². The molecule has 3 rings (SSSR count). The van der Waals surface area contributed by atoms with Crippen LogP contribution in [0.1, 0.15) is 29.8 Å². The van der Waals surface area contributed by atoms with Crippen molar-refractivity contribution in [2.24, 2.45) is 0 Å². The molecule has 1 heterocycles. The lowest BCUT2D eigenvalue weighted by atomic mass is 10.1. The minimum absolute atomic E-state index is 0.00360. The van der Waals surface area contributed by atoms with E-state index in [1.54, 1.807) is 42.5 Å². The highest BCUT2D eigenvalue weighted by atomic mass is 35.5. The highest BCUT2D eigenvalue weighted by molar-refractivity contribution is 6.32. The SMILES string of the molecule is CC(C)NC(=O)c1ccccc1NC(=O)/C=C/c1cc(Cl)c2c(c1)OCCO2. The summed E-state index contributed by atoms with van der Waals surface area (Å²) in [5.74, 6) is 0.457. The number of anilines is 1. The van der Waals surface area contributed by atoms with E-state index in [0.717, 1.165) is 0 Å². The summed E-state index contributed by atoms with van der Waals surface area (Å²) in [5, 5.41) is 5.98. The van der Waals surface area contributed by atoms with Crippen LogP contribution in [0.15, 0.2) is 42.5 Å². The first-order valence-electron chi connectivity index (χ1n) is 8.92. The number of carbonyl (C=O) groups is 2. The minimum Gasteiger partial charge on any atom is -0.486 e. The number of ether oxygens (including phenoxy) is 2. The Kier molecular flexibility index (Phi) is 6.21. The van der Waals surface area contributed by atoms with Crippen molar-refractivity contribution in [2.75, 3.05) is 18.5 Å². The summed E-state index contributed by atoms with van der Waals surface area (Å²) in [6, 6.07) is 10.3. The number of fused-ring (bicyclic) bond motifs is 1. The second kappa shape index (κ2) is 8.80. The minimum atomic E-state index is -0.365. The normalized spacial score (nSPS) is 12.9. The van der Waals surface area contributed by atoms with E-state index in [2.05, 4.69) is 10.6 Å².